The number of hydrogen-bond donors (Lipinski definition) is 4. The van der Waals surface area contributed by atoms with E-state index in [0.29, 0.717) is 0 Å². The Labute approximate surface area is 112 Å². The minimum Gasteiger partial charge on any atom is -0.478 e. The third-order valence-corrected chi connectivity index (χ3v) is 1.93. The number of esters is 2. The van der Waals surface area contributed by atoms with Crippen LogP contribution in [0.25, 0.3) is 0 Å². The Morgan fingerprint density at radius 2 is 1.00 bits per heavy atom. The van der Waals surface area contributed by atoms with E-state index >= 15 is 0 Å². The highest BCUT2D eigenvalue weighted by molar-refractivity contribution is 5.88. The Bertz CT molecular complexity index is 361. The van der Waals surface area contributed by atoms with Crippen molar-refractivity contribution in [2.45, 2.75) is 38.3 Å². The van der Waals surface area contributed by atoms with Gasteiger partial charge in [0, 0.05) is 0 Å². The summed E-state index contributed by atoms with van der Waals surface area (Å²) in [4.78, 5) is 43.9. The first-order valence-electron chi connectivity index (χ1n) is 5.30. The second-order valence-electron chi connectivity index (χ2n) is 3.74. The smallest absolute Gasteiger partial charge is 0.349 e. The van der Waals surface area contributed by atoms with Crippen LogP contribution in [0.3, 0.4) is 0 Å². The molecule has 0 aliphatic carbocycles. The van der Waals surface area contributed by atoms with E-state index in [1.54, 1.807) is 0 Å². The van der Waals surface area contributed by atoms with E-state index < -0.39 is 48.3 Å². The first kappa shape index (κ1) is 17.8. The molecule has 0 spiro atoms. The van der Waals surface area contributed by atoms with Crippen LogP contribution < -0.4 is 0 Å². The predicted octanol–water partition coefficient (Wildman–Crippen LogP) is -2.26. The van der Waals surface area contributed by atoms with Gasteiger partial charge < -0.3 is 29.9 Å². The first-order chi connectivity index (χ1) is 9.07. The molecule has 114 valence electrons. The van der Waals surface area contributed by atoms with Gasteiger partial charge in [0.15, 0.2) is 0 Å². The number of carbonyl (C=O) groups is 4. The van der Waals surface area contributed by atoms with E-state index in [9.17, 15) is 19.2 Å². The highest BCUT2D eigenvalue weighted by Crippen LogP contribution is 2.09. The van der Waals surface area contributed by atoms with Crippen LogP contribution in [-0.2, 0) is 28.7 Å². The van der Waals surface area contributed by atoms with Crippen molar-refractivity contribution in [1.82, 2.24) is 0 Å². The zero-order chi connectivity index (χ0) is 16.0. The average molecular weight is 294 g/mol. The molecule has 4 atom stereocenters. The molecule has 0 rings (SSSR count). The number of ether oxygens (including phenoxy) is 2. The van der Waals surface area contributed by atoms with Gasteiger partial charge in [0.25, 0.3) is 0 Å². The minimum atomic E-state index is -2.36. The summed E-state index contributed by atoms with van der Waals surface area (Å²) in [5, 5.41) is 35.4. The normalized spacial score (nSPS) is 16.4. The molecule has 0 saturated carbocycles. The monoisotopic (exact) mass is 294 g/mol. The lowest BCUT2D eigenvalue weighted by molar-refractivity contribution is -0.192. The molecule has 0 heterocycles. The molecule has 0 aromatic rings. The molecule has 0 aromatic carbocycles. The van der Waals surface area contributed by atoms with Crippen LogP contribution >= 0.6 is 0 Å². The zero-order valence-corrected chi connectivity index (χ0v) is 10.5. The molecule has 0 aliphatic rings. The number of aliphatic carboxylic acids is 2. The summed E-state index contributed by atoms with van der Waals surface area (Å²) in [5.41, 5.74) is 0. The van der Waals surface area contributed by atoms with Crippen molar-refractivity contribution >= 4 is 23.9 Å². The number of carboxylic acids is 2. The van der Waals surface area contributed by atoms with Gasteiger partial charge in [-0.2, -0.15) is 0 Å². The number of carboxylic acid groups (broad SMARTS) is 2. The Morgan fingerprint density at radius 3 is 1.15 bits per heavy atom. The van der Waals surface area contributed by atoms with Gasteiger partial charge in [-0.1, -0.05) is 0 Å². The van der Waals surface area contributed by atoms with Crippen molar-refractivity contribution in [3.8, 4) is 0 Å². The molecule has 0 aromatic heterocycles. The van der Waals surface area contributed by atoms with Crippen LogP contribution in [0.5, 0.6) is 0 Å². The molecule has 4 N–H and O–H groups in total. The summed E-state index contributed by atoms with van der Waals surface area (Å²) in [6, 6.07) is 0. The van der Waals surface area contributed by atoms with Crippen LogP contribution in [0.4, 0.5) is 0 Å². The van der Waals surface area contributed by atoms with Gasteiger partial charge in [-0.05, 0) is 13.8 Å². The van der Waals surface area contributed by atoms with Gasteiger partial charge in [0.05, 0.1) is 0 Å². The van der Waals surface area contributed by atoms with Crippen molar-refractivity contribution in [2.75, 3.05) is 0 Å². The van der Waals surface area contributed by atoms with Crippen molar-refractivity contribution in [3.05, 3.63) is 0 Å². The van der Waals surface area contributed by atoms with Crippen molar-refractivity contribution in [2.24, 2.45) is 0 Å². The fourth-order valence-electron chi connectivity index (χ4n) is 0.931. The van der Waals surface area contributed by atoms with Crippen molar-refractivity contribution in [3.63, 3.8) is 0 Å². The average Bonchev–Trinajstić information content (AvgIpc) is 2.31. The van der Waals surface area contributed by atoms with E-state index in [1.165, 1.54) is 0 Å². The highest BCUT2D eigenvalue weighted by Gasteiger charge is 2.41. The number of carbonyl (C=O) groups excluding carboxylic acids is 2. The molecule has 1 unspecified atom stereocenters. The van der Waals surface area contributed by atoms with Crippen LogP contribution in [0, 0.1) is 0 Å². The van der Waals surface area contributed by atoms with Crippen LogP contribution in [-0.4, -0.2) is 68.7 Å². The van der Waals surface area contributed by atoms with E-state index in [-0.39, 0.29) is 0 Å². The molecule has 20 heavy (non-hydrogen) atoms. The topological polar surface area (TPSA) is 168 Å². The van der Waals surface area contributed by atoms with E-state index in [2.05, 4.69) is 9.47 Å². The summed E-state index contributed by atoms with van der Waals surface area (Å²) in [6.45, 7) is 1.94. The predicted molar refractivity (Wildman–Crippen MR) is 58.4 cm³/mol. The van der Waals surface area contributed by atoms with Crippen LogP contribution in [0.2, 0.25) is 0 Å². The summed E-state index contributed by atoms with van der Waals surface area (Å²) >= 11 is 0. The van der Waals surface area contributed by atoms with Crippen LogP contribution in [0.15, 0.2) is 0 Å². The summed E-state index contributed by atoms with van der Waals surface area (Å²) in [6.07, 6.45) is -8.12. The Kier molecular flexibility index (Phi) is 6.59. The number of hydrogen-bond acceptors (Lipinski definition) is 8. The maximum Gasteiger partial charge on any atom is 0.349 e. The Hall–Kier alpha value is -2.20. The highest BCUT2D eigenvalue weighted by atomic mass is 16.6. The van der Waals surface area contributed by atoms with Gasteiger partial charge in [0.2, 0.25) is 12.2 Å². The quantitative estimate of drug-likeness (QED) is 0.376. The first-order valence-corrected chi connectivity index (χ1v) is 5.30. The number of aliphatic hydroxyl groups is 2. The van der Waals surface area contributed by atoms with Gasteiger partial charge >= 0.3 is 23.9 Å². The minimum absolute atomic E-state index is 0.971. The van der Waals surface area contributed by atoms with E-state index in [1.807, 2.05) is 0 Å². The standard InChI is InChI=1S/C10H14O10/c1-3(11)9(17)19-5(7(13)14)6(8(15)16)20-10(18)4(2)12/h3-6,11-12H,1-2H3,(H,13,14)(H,15,16)/t3-,4-,5-,6?/m1/s1. The summed E-state index contributed by atoms with van der Waals surface area (Å²) in [7, 11) is 0. The molecular weight excluding hydrogens is 280 g/mol. The fraction of sp³-hybridized carbons (Fsp3) is 0.600. The fourth-order valence-corrected chi connectivity index (χ4v) is 0.931. The third-order valence-electron chi connectivity index (χ3n) is 1.93. The molecule has 0 amide bonds. The molecule has 0 bridgehead atoms. The lowest BCUT2D eigenvalue weighted by Gasteiger charge is -2.21. The zero-order valence-electron chi connectivity index (χ0n) is 10.5. The van der Waals surface area contributed by atoms with Gasteiger partial charge in [-0.15, -0.1) is 0 Å². The maximum atomic E-state index is 11.1. The number of rotatable bonds is 7. The summed E-state index contributed by atoms with van der Waals surface area (Å²) in [5.74, 6) is -6.61. The maximum absolute atomic E-state index is 11.1. The largest absolute Gasteiger partial charge is 0.478 e. The summed E-state index contributed by atoms with van der Waals surface area (Å²) < 4.78 is 8.50. The molecule has 10 heteroatoms. The Morgan fingerprint density at radius 1 is 0.750 bits per heavy atom. The molecule has 0 fully saturated rings. The molecular formula is C10H14O10. The molecule has 0 saturated heterocycles. The van der Waals surface area contributed by atoms with Crippen molar-refractivity contribution < 1.29 is 49.1 Å². The van der Waals surface area contributed by atoms with Gasteiger partial charge in [-0.3, -0.25) is 0 Å². The van der Waals surface area contributed by atoms with E-state index in [0.717, 1.165) is 13.8 Å². The lowest BCUT2D eigenvalue weighted by atomic mass is 10.2. The van der Waals surface area contributed by atoms with E-state index in [4.69, 9.17) is 20.4 Å². The van der Waals surface area contributed by atoms with Gasteiger partial charge in [0.1, 0.15) is 12.2 Å². The molecule has 0 aliphatic heterocycles. The Balaban J connectivity index is 5.16. The molecule has 10 nitrogen and oxygen atoms in total. The van der Waals surface area contributed by atoms with Gasteiger partial charge in [-0.25, -0.2) is 19.2 Å². The van der Waals surface area contributed by atoms with Crippen molar-refractivity contribution in [1.29, 1.82) is 0 Å². The lowest BCUT2D eigenvalue weighted by Crippen LogP contribution is -2.47. The molecule has 0 radical (unpaired) electrons. The SMILES string of the molecule is C[C@@H](O)C(=O)OC(C(=O)O)[C@@H](OC(=O)[C@@H](C)O)C(=O)O. The second-order valence-corrected chi connectivity index (χ2v) is 3.74. The number of aliphatic hydroxyl groups excluding tert-OH is 2. The second kappa shape index (κ2) is 7.40. The van der Waals surface area contributed by atoms with Crippen LogP contribution in [0.1, 0.15) is 13.8 Å². The third kappa shape index (κ3) is 5.20.